The van der Waals surface area contributed by atoms with Gasteiger partial charge in [-0.1, -0.05) is 12.1 Å². The van der Waals surface area contributed by atoms with Gasteiger partial charge in [-0.25, -0.2) is 0 Å². The maximum absolute atomic E-state index is 9.64. The first-order valence-electron chi connectivity index (χ1n) is 5.51. The van der Waals surface area contributed by atoms with E-state index in [1.54, 1.807) is 0 Å². The normalized spacial score (nSPS) is 12.8. The Hall–Kier alpha value is -1.02. The van der Waals surface area contributed by atoms with Crippen LogP contribution >= 0.6 is 0 Å². The lowest BCUT2D eigenvalue weighted by molar-refractivity contribution is 0.466. The van der Waals surface area contributed by atoms with Crippen molar-refractivity contribution in [1.82, 2.24) is 5.32 Å². The van der Waals surface area contributed by atoms with E-state index in [9.17, 15) is 5.11 Å². The molecule has 0 saturated heterocycles. The molecule has 15 heavy (non-hydrogen) atoms. The molecule has 0 heterocycles. The van der Waals surface area contributed by atoms with Gasteiger partial charge in [-0.2, -0.15) is 0 Å². The summed E-state index contributed by atoms with van der Waals surface area (Å²) in [6, 6.07) is 4.69. The Morgan fingerprint density at radius 3 is 2.27 bits per heavy atom. The number of aryl methyl sites for hydroxylation is 3. The second kappa shape index (κ2) is 5.17. The molecule has 2 N–H and O–H groups in total. The zero-order valence-corrected chi connectivity index (χ0v) is 10.1. The van der Waals surface area contributed by atoms with Gasteiger partial charge in [0.2, 0.25) is 0 Å². The molecule has 0 spiro atoms. The molecule has 0 aromatic heterocycles. The van der Waals surface area contributed by atoms with Crippen molar-refractivity contribution < 1.29 is 5.11 Å². The summed E-state index contributed by atoms with van der Waals surface area (Å²) in [5.74, 6) is 0.431. The highest BCUT2D eigenvalue weighted by Crippen LogP contribution is 2.23. The van der Waals surface area contributed by atoms with Gasteiger partial charge >= 0.3 is 0 Å². The second-order valence-electron chi connectivity index (χ2n) is 4.31. The third kappa shape index (κ3) is 3.24. The molecule has 2 nitrogen and oxygen atoms in total. The van der Waals surface area contributed by atoms with Gasteiger partial charge in [-0.05, 0) is 57.4 Å². The van der Waals surface area contributed by atoms with Crippen molar-refractivity contribution in [3.05, 3.63) is 28.8 Å². The van der Waals surface area contributed by atoms with Crippen LogP contribution in [0.4, 0.5) is 0 Å². The van der Waals surface area contributed by atoms with E-state index in [1.165, 1.54) is 5.56 Å². The number of nitrogens with one attached hydrogen (secondary N) is 1. The number of phenols is 1. The monoisotopic (exact) mass is 207 g/mol. The standard InChI is InChI=1S/C13H21NO/c1-9-7-12(6-5-11(3)14-4)8-10(2)13(9)15/h7-8,11,14-15H,5-6H2,1-4H3. The third-order valence-electron chi connectivity index (χ3n) is 2.91. The average Bonchev–Trinajstić information content (AvgIpc) is 2.22. The topological polar surface area (TPSA) is 32.3 Å². The fourth-order valence-corrected chi connectivity index (χ4v) is 1.72. The van der Waals surface area contributed by atoms with E-state index in [4.69, 9.17) is 0 Å². The zero-order chi connectivity index (χ0) is 11.4. The highest BCUT2D eigenvalue weighted by Gasteiger charge is 2.04. The van der Waals surface area contributed by atoms with Crippen LogP contribution in [0.3, 0.4) is 0 Å². The summed E-state index contributed by atoms with van der Waals surface area (Å²) < 4.78 is 0. The smallest absolute Gasteiger partial charge is 0.121 e. The maximum Gasteiger partial charge on any atom is 0.121 e. The minimum Gasteiger partial charge on any atom is -0.507 e. The highest BCUT2D eigenvalue weighted by molar-refractivity contribution is 5.42. The quantitative estimate of drug-likeness (QED) is 0.795. The molecule has 0 saturated carbocycles. The van der Waals surface area contributed by atoms with Gasteiger partial charge in [0, 0.05) is 6.04 Å². The molecule has 0 aliphatic rings. The Labute approximate surface area is 92.3 Å². The van der Waals surface area contributed by atoms with Crippen molar-refractivity contribution in [2.24, 2.45) is 0 Å². The fraction of sp³-hybridized carbons (Fsp3) is 0.538. The Morgan fingerprint density at radius 2 is 1.80 bits per heavy atom. The number of phenolic OH excluding ortho intramolecular Hbond substituents is 1. The summed E-state index contributed by atoms with van der Waals surface area (Å²) in [5.41, 5.74) is 3.26. The number of hydrogen-bond acceptors (Lipinski definition) is 2. The number of benzene rings is 1. The van der Waals surface area contributed by atoms with Crippen molar-refractivity contribution in [3.63, 3.8) is 0 Å². The molecule has 2 heteroatoms. The lowest BCUT2D eigenvalue weighted by atomic mass is 10.0. The summed E-state index contributed by atoms with van der Waals surface area (Å²) in [4.78, 5) is 0. The van der Waals surface area contributed by atoms with Gasteiger partial charge in [-0.15, -0.1) is 0 Å². The van der Waals surface area contributed by atoms with Gasteiger partial charge in [0.1, 0.15) is 5.75 Å². The van der Waals surface area contributed by atoms with E-state index < -0.39 is 0 Å². The Kier molecular flexibility index (Phi) is 4.15. The van der Waals surface area contributed by atoms with Crippen LogP contribution in [0.15, 0.2) is 12.1 Å². The predicted molar refractivity (Wildman–Crippen MR) is 64.4 cm³/mol. The maximum atomic E-state index is 9.64. The van der Waals surface area contributed by atoms with E-state index in [0.29, 0.717) is 11.8 Å². The van der Waals surface area contributed by atoms with Crippen LogP contribution in [-0.4, -0.2) is 18.2 Å². The molecule has 1 rings (SSSR count). The first-order valence-corrected chi connectivity index (χ1v) is 5.51. The van der Waals surface area contributed by atoms with Crippen LogP contribution in [0, 0.1) is 13.8 Å². The Balaban J connectivity index is 2.70. The summed E-state index contributed by atoms with van der Waals surface area (Å²) >= 11 is 0. The molecule has 1 aromatic rings. The van der Waals surface area contributed by atoms with E-state index in [-0.39, 0.29) is 0 Å². The largest absolute Gasteiger partial charge is 0.507 e. The molecule has 0 aliphatic carbocycles. The molecular weight excluding hydrogens is 186 g/mol. The van der Waals surface area contributed by atoms with Crippen molar-refractivity contribution in [2.75, 3.05) is 7.05 Å². The molecule has 84 valence electrons. The molecule has 1 aromatic carbocycles. The third-order valence-corrected chi connectivity index (χ3v) is 2.91. The summed E-state index contributed by atoms with van der Waals surface area (Å²) in [7, 11) is 1.98. The average molecular weight is 207 g/mol. The summed E-state index contributed by atoms with van der Waals surface area (Å²) in [5, 5.41) is 12.9. The first-order chi connectivity index (χ1) is 7.04. The molecular formula is C13H21NO. The first kappa shape index (κ1) is 12.1. The van der Waals surface area contributed by atoms with Crippen LogP contribution in [0.1, 0.15) is 30.0 Å². The SMILES string of the molecule is CNC(C)CCc1cc(C)c(O)c(C)c1. The number of hydrogen-bond donors (Lipinski definition) is 2. The Morgan fingerprint density at radius 1 is 1.27 bits per heavy atom. The van der Waals surface area contributed by atoms with Crippen molar-refractivity contribution >= 4 is 0 Å². The minimum atomic E-state index is 0.431. The van der Waals surface area contributed by atoms with Gasteiger partial charge in [0.15, 0.2) is 0 Å². The van der Waals surface area contributed by atoms with Gasteiger partial charge in [-0.3, -0.25) is 0 Å². The molecule has 0 aliphatic heterocycles. The molecule has 0 amide bonds. The minimum absolute atomic E-state index is 0.431. The molecule has 1 atom stereocenters. The van der Waals surface area contributed by atoms with Gasteiger partial charge < -0.3 is 10.4 Å². The van der Waals surface area contributed by atoms with Crippen LogP contribution < -0.4 is 5.32 Å². The van der Waals surface area contributed by atoms with Crippen molar-refractivity contribution in [1.29, 1.82) is 0 Å². The number of rotatable bonds is 4. The zero-order valence-electron chi connectivity index (χ0n) is 10.1. The van der Waals surface area contributed by atoms with Crippen LogP contribution in [0.25, 0.3) is 0 Å². The fourth-order valence-electron chi connectivity index (χ4n) is 1.72. The predicted octanol–water partition coefficient (Wildman–Crippen LogP) is 2.55. The summed E-state index contributed by atoms with van der Waals surface area (Å²) in [6.07, 6.45) is 2.18. The van der Waals surface area contributed by atoms with Gasteiger partial charge in [0.25, 0.3) is 0 Å². The van der Waals surface area contributed by atoms with E-state index in [2.05, 4.69) is 24.4 Å². The van der Waals surface area contributed by atoms with E-state index in [0.717, 1.165) is 24.0 Å². The van der Waals surface area contributed by atoms with Crippen molar-refractivity contribution in [2.45, 2.75) is 39.7 Å². The van der Waals surface area contributed by atoms with Gasteiger partial charge in [0.05, 0.1) is 0 Å². The van der Waals surface area contributed by atoms with Crippen molar-refractivity contribution in [3.8, 4) is 5.75 Å². The van der Waals surface area contributed by atoms with E-state index >= 15 is 0 Å². The number of aromatic hydroxyl groups is 1. The lowest BCUT2D eigenvalue weighted by Crippen LogP contribution is -2.21. The van der Waals surface area contributed by atoms with E-state index in [1.807, 2.05) is 20.9 Å². The highest BCUT2D eigenvalue weighted by atomic mass is 16.3. The molecule has 1 unspecified atom stereocenters. The summed E-state index contributed by atoms with van der Waals surface area (Å²) in [6.45, 7) is 6.08. The molecule has 0 radical (unpaired) electrons. The lowest BCUT2D eigenvalue weighted by Gasteiger charge is -2.11. The molecule has 0 bridgehead atoms. The second-order valence-corrected chi connectivity index (χ2v) is 4.31. The molecule has 0 fully saturated rings. The van der Waals surface area contributed by atoms with Crippen LogP contribution in [0.2, 0.25) is 0 Å². The van der Waals surface area contributed by atoms with Crippen LogP contribution in [0.5, 0.6) is 5.75 Å². The Bertz CT molecular complexity index is 310. The van der Waals surface area contributed by atoms with Crippen LogP contribution in [-0.2, 0) is 6.42 Å².